The molecule has 0 aromatic heterocycles. The summed E-state index contributed by atoms with van der Waals surface area (Å²) in [5.74, 6) is 0.693. The first kappa shape index (κ1) is 15.4. The molecule has 0 aliphatic heterocycles. The predicted molar refractivity (Wildman–Crippen MR) is 85.2 cm³/mol. The number of halogens is 3. The van der Waals surface area contributed by atoms with E-state index in [9.17, 15) is 4.79 Å². The summed E-state index contributed by atoms with van der Waals surface area (Å²) in [7, 11) is 1.60. The van der Waals surface area contributed by atoms with Crippen LogP contribution in [0.1, 0.15) is 15.9 Å². The van der Waals surface area contributed by atoms with Gasteiger partial charge in [-0.2, -0.15) is 0 Å². The molecule has 0 bridgehead atoms. The average molecular weight is 374 g/mol. The molecule has 0 N–H and O–H groups in total. The lowest BCUT2D eigenvalue weighted by Gasteiger charge is -2.07. The van der Waals surface area contributed by atoms with Gasteiger partial charge in [-0.15, -0.1) is 0 Å². The van der Waals surface area contributed by atoms with E-state index >= 15 is 0 Å². The summed E-state index contributed by atoms with van der Waals surface area (Å²) in [4.78, 5) is 12.2. The third kappa shape index (κ3) is 3.75. The Morgan fingerprint density at radius 2 is 1.80 bits per heavy atom. The molecule has 2 rings (SSSR count). The standard InChI is InChI=1S/C15H11BrCl2O2/c1-20-15-3-2-9(4-13(15)16)5-14(19)10-6-11(17)8-12(18)7-10/h2-4,6-8H,5H2,1H3. The molecule has 20 heavy (non-hydrogen) atoms. The van der Waals surface area contributed by atoms with Crippen LogP contribution in [-0.4, -0.2) is 12.9 Å². The Balaban J connectivity index is 2.21. The van der Waals surface area contributed by atoms with Gasteiger partial charge in [0.2, 0.25) is 0 Å². The van der Waals surface area contributed by atoms with Crippen LogP contribution < -0.4 is 4.74 Å². The minimum Gasteiger partial charge on any atom is -0.496 e. The minimum absolute atomic E-state index is 0.0357. The molecular formula is C15H11BrCl2O2. The molecule has 2 nitrogen and oxygen atoms in total. The summed E-state index contributed by atoms with van der Waals surface area (Å²) in [5.41, 5.74) is 1.40. The number of hydrogen-bond acceptors (Lipinski definition) is 2. The third-order valence-corrected chi connectivity index (χ3v) is 3.82. The Bertz CT molecular complexity index is 636. The second-order valence-corrected chi connectivity index (χ2v) is 5.95. The molecule has 2 aromatic rings. The highest BCUT2D eigenvalue weighted by molar-refractivity contribution is 9.10. The van der Waals surface area contributed by atoms with Gasteiger partial charge in [0.05, 0.1) is 11.6 Å². The fraction of sp³-hybridized carbons (Fsp3) is 0.133. The third-order valence-electron chi connectivity index (χ3n) is 2.77. The van der Waals surface area contributed by atoms with E-state index in [0.29, 0.717) is 15.6 Å². The lowest BCUT2D eigenvalue weighted by atomic mass is 10.0. The molecule has 5 heteroatoms. The molecule has 104 valence electrons. The van der Waals surface area contributed by atoms with E-state index < -0.39 is 0 Å². The van der Waals surface area contributed by atoms with Crippen molar-refractivity contribution in [3.63, 3.8) is 0 Å². The number of carbonyl (C=O) groups is 1. The van der Waals surface area contributed by atoms with Crippen molar-refractivity contribution in [1.82, 2.24) is 0 Å². The normalized spacial score (nSPS) is 10.4. The van der Waals surface area contributed by atoms with Gasteiger partial charge in [-0.25, -0.2) is 0 Å². The van der Waals surface area contributed by atoms with Gasteiger partial charge in [-0.3, -0.25) is 4.79 Å². The maximum Gasteiger partial charge on any atom is 0.167 e. The number of benzene rings is 2. The number of ketones is 1. The van der Waals surface area contributed by atoms with Crippen molar-refractivity contribution in [3.05, 3.63) is 62.0 Å². The van der Waals surface area contributed by atoms with Crippen LogP contribution in [0, 0.1) is 0 Å². The zero-order valence-corrected chi connectivity index (χ0v) is 13.7. The molecule has 0 heterocycles. The first-order valence-electron chi connectivity index (χ1n) is 5.81. The quantitative estimate of drug-likeness (QED) is 0.689. The van der Waals surface area contributed by atoms with Gasteiger partial charge in [0.15, 0.2) is 5.78 Å². The van der Waals surface area contributed by atoms with Crippen molar-refractivity contribution in [2.45, 2.75) is 6.42 Å². The molecule has 0 spiro atoms. The first-order valence-corrected chi connectivity index (χ1v) is 7.36. The highest BCUT2D eigenvalue weighted by Crippen LogP contribution is 2.26. The SMILES string of the molecule is COc1ccc(CC(=O)c2cc(Cl)cc(Cl)c2)cc1Br. The van der Waals surface area contributed by atoms with Gasteiger partial charge < -0.3 is 4.74 Å². The van der Waals surface area contributed by atoms with Gasteiger partial charge in [-0.1, -0.05) is 29.3 Å². The molecule has 0 aliphatic rings. The highest BCUT2D eigenvalue weighted by Gasteiger charge is 2.10. The van der Waals surface area contributed by atoms with Crippen LogP contribution in [-0.2, 0) is 6.42 Å². The van der Waals surface area contributed by atoms with Crippen LogP contribution in [0.4, 0.5) is 0 Å². The number of methoxy groups -OCH3 is 1. The van der Waals surface area contributed by atoms with E-state index in [1.807, 2.05) is 18.2 Å². The largest absolute Gasteiger partial charge is 0.496 e. The zero-order valence-electron chi connectivity index (χ0n) is 10.6. The summed E-state index contributed by atoms with van der Waals surface area (Å²) >= 11 is 15.2. The molecule has 0 fully saturated rings. The lowest BCUT2D eigenvalue weighted by molar-refractivity contribution is 0.0993. The summed E-state index contributed by atoms with van der Waals surface area (Å²) in [5, 5.41) is 0.911. The average Bonchev–Trinajstić information content (AvgIpc) is 2.37. The molecule has 0 radical (unpaired) electrons. The van der Waals surface area contributed by atoms with Crippen molar-refractivity contribution in [2.75, 3.05) is 7.11 Å². The van der Waals surface area contributed by atoms with Gasteiger partial charge in [0, 0.05) is 22.0 Å². The second kappa shape index (κ2) is 6.61. The second-order valence-electron chi connectivity index (χ2n) is 4.23. The van der Waals surface area contributed by atoms with Crippen LogP contribution in [0.2, 0.25) is 10.0 Å². The minimum atomic E-state index is -0.0357. The van der Waals surface area contributed by atoms with Crippen molar-refractivity contribution in [3.8, 4) is 5.75 Å². The Morgan fingerprint density at radius 1 is 1.15 bits per heavy atom. The van der Waals surface area contributed by atoms with E-state index in [0.717, 1.165) is 15.8 Å². The maximum atomic E-state index is 12.2. The fourth-order valence-corrected chi connectivity index (χ4v) is 2.94. The lowest BCUT2D eigenvalue weighted by Crippen LogP contribution is -2.03. The molecule has 0 aliphatic carbocycles. The molecular weight excluding hydrogens is 363 g/mol. The predicted octanol–water partition coefficient (Wildman–Crippen LogP) is 5.19. The van der Waals surface area contributed by atoms with Crippen LogP contribution >= 0.6 is 39.1 Å². The maximum absolute atomic E-state index is 12.2. The molecule has 0 atom stereocenters. The van der Waals surface area contributed by atoms with Gasteiger partial charge >= 0.3 is 0 Å². The van der Waals surface area contributed by atoms with Crippen LogP contribution in [0.15, 0.2) is 40.9 Å². The smallest absolute Gasteiger partial charge is 0.167 e. The Kier molecular flexibility index (Phi) is 5.08. The van der Waals surface area contributed by atoms with Crippen molar-refractivity contribution >= 4 is 44.9 Å². The number of ether oxygens (including phenoxy) is 1. The summed E-state index contributed by atoms with van der Waals surface area (Å²) < 4.78 is 5.97. The zero-order chi connectivity index (χ0) is 14.7. The first-order chi connectivity index (χ1) is 9.49. The van der Waals surface area contributed by atoms with E-state index in [-0.39, 0.29) is 12.2 Å². The number of Topliss-reactive ketones (excluding diaryl/α,β-unsaturated/α-hetero) is 1. The number of carbonyl (C=O) groups excluding carboxylic acids is 1. The van der Waals surface area contributed by atoms with Gasteiger partial charge in [-0.05, 0) is 51.8 Å². The Labute approximate surface area is 135 Å². The van der Waals surface area contributed by atoms with Crippen LogP contribution in [0.5, 0.6) is 5.75 Å². The van der Waals surface area contributed by atoms with Crippen LogP contribution in [0.25, 0.3) is 0 Å². The molecule has 2 aromatic carbocycles. The van der Waals surface area contributed by atoms with E-state index in [1.54, 1.807) is 25.3 Å². The van der Waals surface area contributed by atoms with E-state index in [2.05, 4.69) is 15.9 Å². The van der Waals surface area contributed by atoms with E-state index in [4.69, 9.17) is 27.9 Å². The number of hydrogen-bond donors (Lipinski definition) is 0. The Morgan fingerprint density at radius 3 is 2.35 bits per heavy atom. The Hall–Kier alpha value is -1.03. The topological polar surface area (TPSA) is 26.3 Å². The molecule has 0 saturated heterocycles. The van der Waals surface area contributed by atoms with E-state index in [1.165, 1.54) is 0 Å². The van der Waals surface area contributed by atoms with Crippen molar-refractivity contribution in [2.24, 2.45) is 0 Å². The van der Waals surface area contributed by atoms with Crippen molar-refractivity contribution < 1.29 is 9.53 Å². The summed E-state index contributed by atoms with van der Waals surface area (Å²) in [6, 6.07) is 10.4. The van der Waals surface area contributed by atoms with Crippen LogP contribution in [0.3, 0.4) is 0 Å². The summed E-state index contributed by atoms with van der Waals surface area (Å²) in [6.45, 7) is 0. The molecule has 0 amide bonds. The summed E-state index contributed by atoms with van der Waals surface area (Å²) in [6.07, 6.45) is 0.277. The molecule has 0 saturated carbocycles. The van der Waals surface area contributed by atoms with Gasteiger partial charge in [0.1, 0.15) is 5.75 Å². The fourth-order valence-electron chi connectivity index (χ4n) is 1.82. The highest BCUT2D eigenvalue weighted by atomic mass is 79.9. The molecule has 0 unspecified atom stereocenters. The monoisotopic (exact) mass is 372 g/mol. The number of rotatable bonds is 4. The van der Waals surface area contributed by atoms with Crippen molar-refractivity contribution in [1.29, 1.82) is 0 Å². The van der Waals surface area contributed by atoms with Gasteiger partial charge in [0.25, 0.3) is 0 Å².